The Hall–Kier alpha value is -2.74. The molecule has 2 aromatic carbocycles. The number of nitrogens with zero attached hydrogens (tertiary/aromatic N) is 2. The zero-order valence-electron chi connectivity index (χ0n) is 17.8. The summed E-state index contributed by atoms with van der Waals surface area (Å²) in [5.74, 6) is -2.12. The number of benzene rings is 2. The van der Waals surface area contributed by atoms with Crippen molar-refractivity contribution in [1.29, 1.82) is 0 Å². The number of Topliss-reactive ketones (excluding diaryl/α,β-unsaturated/α-hetero) is 2. The summed E-state index contributed by atoms with van der Waals surface area (Å²) in [5.41, 5.74) is 1.08. The minimum absolute atomic E-state index is 0.353. The molecule has 7 nitrogen and oxygen atoms in total. The van der Waals surface area contributed by atoms with Crippen LogP contribution in [0.3, 0.4) is 0 Å². The van der Waals surface area contributed by atoms with E-state index >= 15 is 0 Å². The molecule has 0 saturated carbocycles. The van der Waals surface area contributed by atoms with Crippen LogP contribution in [0.15, 0.2) is 48.5 Å². The van der Waals surface area contributed by atoms with Gasteiger partial charge in [-0.3, -0.25) is 19.3 Å². The topological polar surface area (TPSA) is 76.2 Å². The molecule has 2 saturated heterocycles. The molecule has 2 unspecified atom stereocenters. The first-order valence-electron chi connectivity index (χ1n) is 10.6. The Balaban J connectivity index is 1.66. The van der Waals surface area contributed by atoms with E-state index < -0.39 is 23.7 Å². The maximum atomic E-state index is 13.4. The van der Waals surface area contributed by atoms with E-state index in [1.54, 1.807) is 55.6 Å². The van der Waals surface area contributed by atoms with Gasteiger partial charge in [-0.2, -0.15) is 0 Å². The number of halogens is 1. The third-order valence-corrected chi connectivity index (χ3v) is 6.29. The Morgan fingerprint density at radius 2 is 1.69 bits per heavy atom. The van der Waals surface area contributed by atoms with Gasteiger partial charge in [-0.25, -0.2) is 0 Å². The molecule has 0 aliphatic carbocycles. The van der Waals surface area contributed by atoms with Crippen LogP contribution in [0.2, 0.25) is 5.02 Å². The zero-order chi connectivity index (χ0) is 22.7. The van der Waals surface area contributed by atoms with Crippen molar-refractivity contribution in [2.45, 2.75) is 6.04 Å². The minimum Gasteiger partial charge on any atom is -0.497 e. The van der Waals surface area contributed by atoms with Crippen molar-refractivity contribution in [3.05, 3.63) is 64.7 Å². The average molecular weight is 457 g/mol. The number of carbonyl (C=O) groups is 3. The second-order valence-corrected chi connectivity index (χ2v) is 8.32. The van der Waals surface area contributed by atoms with Crippen LogP contribution < -0.4 is 4.74 Å². The Morgan fingerprint density at radius 3 is 2.31 bits per heavy atom. The third kappa shape index (κ3) is 4.55. The molecule has 0 N–H and O–H groups in total. The first-order valence-corrected chi connectivity index (χ1v) is 11.0. The van der Waals surface area contributed by atoms with Gasteiger partial charge in [0.05, 0.1) is 26.4 Å². The highest BCUT2D eigenvalue weighted by molar-refractivity contribution is 6.44. The van der Waals surface area contributed by atoms with Gasteiger partial charge in [0.2, 0.25) is 5.78 Å². The van der Waals surface area contributed by atoms with Crippen molar-refractivity contribution >= 4 is 29.1 Å². The molecule has 1 amide bonds. The third-order valence-electron chi connectivity index (χ3n) is 6.04. The van der Waals surface area contributed by atoms with E-state index in [-0.39, 0.29) is 5.78 Å². The van der Waals surface area contributed by atoms with Crippen LogP contribution in [-0.2, 0) is 14.3 Å². The molecule has 2 heterocycles. The van der Waals surface area contributed by atoms with Crippen molar-refractivity contribution in [3.63, 3.8) is 0 Å². The van der Waals surface area contributed by atoms with Gasteiger partial charge < -0.3 is 14.4 Å². The lowest BCUT2D eigenvalue weighted by atomic mass is 9.86. The number of hydrogen-bond donors (Lipinski definition) is 0. The maximum Gasteiger partial charge on any atom is 0.291 e. The van der Waals surface area contributed by atoms with E-state index in [1.165, 1.54) is 4.90 Å². The summed E-state index contributed by atoms with van der Waals surface area (Å²) < 4.78 is 10.6. The highest BCUT2D eigenvalue weighted by Gasteiger charge is 2.51. The van der Waals surface area contributed by atoms with Crippen LogP contribution in [0.4, 0.5) is 0 Å². The van der Waals surface area contributed by atoms with Gasteiger partial charge in [0, 0.05) is 36.8 Å². The SMILES string of the molecule is COc1ccc(C2C(C(=O)c3ccc(Cl)cc3)C(=O)C(=O)N2CCN2CCOCC2)cc1. The molecular formula is C24H25ClN2O5. The van der Waals surface area contributed by atoms with Crippen molar-refractivity contribution in [3.8, 4) is 5.75 Å². The molecule has 2 atom stereocenters. The first-order chi connectivity index (χ1) is 15.5. The number of ether oxygens (including phenoxy) is 2. The normalized spacial score (nSPS) is 21.8. The highest BCUT2D eigenvalue weighted by atomic mass is 35.5. The highest BCUT2D eigenvalue weighted by Crippen LogP contribution is 2.38. The lowest BCUT2D eigenvalue weighted by Gasteiger charge is -2.31. The van der Waals surface area contributed by atoms with Crippen LogP contribution in [0.5, 0.6) is 5.75 Å². The van der Waals surface area contributed by atoms with Crippen molar-refractivity contribution in [2.24, 2.45) is 5.92 Å². The molecule has 8 heteroatoms. The lowest BCUT2D eigenvalue weighted by Crippen LogP contribution is -2.42. The van der Waals surface area contributed by atoms with E-state index in [4.69, 9.17) is 21.1 Å². The number of methoxy groups -OCH3 is 1. The zero-order valence-corrected chi connectivity index (χ0v) is 18.6. The fourth-order valence-corrected chi connectivity index (χ4v) is 4.39. The molecular weight excluding hydrogens is 432 g/mol. The van der Waals surface area contributed by atoms with Crippen molar-refractivity contribution < 1.29 is 23.9 Å². The average Bonchev–Trinajstić information content (AvgIpc) is 3.08. The van der Waals surface area contributed by atoms with E-state index in [9.17, 15) is 14.4 Å². The van der Waals surface area contributed by atoms with Crippen molar-refractivity contribution in [2.75, 3.05) is 46.5 Å². The van der Waals surface area contributed by atoms with Gasteiger partial charge in [-0.05, 0) is 42.0 Å². The number of morpholine rings is 1. The van der Waals surface area contributed by atoms with Gasteiger partial charge >= 0.3 is 0 Å². The molecule has 168 valence electrons. The van der Waals surface area contributed by atoms with Crippen LogP contribution in [0.1, 0.15) is 22.0 Å². The molecule has 2 aliphatic heterocycles. The summed E-state index contributed by atoms with van der Waals surface area (Å²) in [7, 11) is 1.57. The minimum atomic E-state index is -1.11. The Labute approximate surface area is 191 Å². The summed E-state index contributed by atoms with van der Waals surface area (Å²) in [5, 5.41) is 0.495. The van der Waals surface area contributed by atoms with Crippen LogP contribution >= 0.6 is 11.6 Å². The Morgan fingerprint density at radius 1 is 1.03 bits per heavy atom. The summed E-state index contributed by atoms with van der Waals surface area (Å²) in [6, 6.07) is 12.9. The van der Waals surface area contributed by atoms with E-state index in [0.717, 1.165) is 18.7 Å². The van der Waals surface area contributed by atoms with E-state index in [0.29, 0.717) is 42.6 Å². The second kappa shape index (κ2) is 9.81. The number of hydrogen-bond acceptors (Lipinski definition) is 6. The molecule has 0 radical (unpaired) electrons. The predicted molar refractivity (Wildman–Crippen MR) is 119 cm³/mol. The van der Waals surface area contributed by atoms with Crippen LogP contribution in [0, 0.1) is 5.92 Å². The van der Waals surface area contributed by atoms with E-state index in [2.05, 4.69) is 4.90 Å². The Bertz CT molecular complexity index is 986. The van der Waals surface area contributed by atoms with Crippen LogP contribution in [0.25, 0.3) is 0 Å². The summed E-state index contributed by atoms with van der Waals surface area (Å²) in [6.45, 7) is 3.80. The molecule has 2 aliphatic rings. The smallest absolute Gasteiger partial charge is 0.291 e. The lowest BCUT2D eigenvalue weighted by molar-refractivity contribution is -0.141. The largest absolute Gasteiger partial charge is 0.497 e. The number of ketones is 2. The maximum absolute atomic E-state index is 13.4. The standard InChI is InChI=1S/C24H25ClN2O5/c1-31-19-8-4-16(5-9-19)21-20(22(28)17-2-6-18(25)7-3-17)23(29)24(30)27(21)11-10-26-12-14-32-15-13-26/h2-9,20-21H,10-15H2,1H3. The molecule has 0 spiro atoms. The summed E-state index contributed by atoms with van der Waals surface area (Å²) in [4.78, 5) is 43.2. The number of rotatable bonds is 7. The monoisotopic (exact) mass is 456 g/mol. The fourth-order valence-electron chi connectivity index (χ4n) is 4.27. The second-order valence-electron chi connectivity index (χ2n) is 7.88. The number of likely N-dealkylation sites (tertiary alicyclic amines) is 1. The van der Waals surface area contributed by atoms with Gasteiger partial charge in [-0.1, -0.05) is 23.7 Å². The first kappa shape index (κ1) is 22.5. The van der Waals surface area contributed by atoms with Crippen molar-refractivity contribution in [1.82, 2.24) is 9.80 Å². The molecule has 0 bridgehead atoms. The number of amides is 1. The molecule has 2 fully saturated rings. The summed E-state index contributed by atoms with van der Waals surface area (Å²) >= 11 is 5.95. The Kier molecular flexibility index (Phi) is 6.89. The van der Waals surface area contributed by atoms with Gasteiger partial charge in [0.25, 0.3) is 5.91 Å². The number of carbonyl (C=O) groups excluding carboxylic acids is 3. The van der Waals surface area contributed by atoms with Gasteiger partial charge in [0.1, 0.15) is 11.7 Å². The van der Waals surface area contributed by atoms with Gasteiger partial charge in [-0.15, -0.1) is 0 Å². The predicted octanol–water partition coefficient (Wildman–Crippen LogP) is 2.63. The molecule has 4 rings (SSSR count). The van der Waals surface area contributed by atoms with Gasteiger partial charge in [0.15, 0.2) is 5.78 Å². The fraction of sp³-hybridized carbons (Fsp3) is 0.375. The van der Waals surface area contributed by atoms with E-state index in [1.807, 2.05) is 0 Å². The van der Waals surface area contributed by atoms with Crippen LogP contribution in [-0.4, -0.2) is 73.8 Å². The molecule has 2 aromatic rings. The molecule has 0 aromatic heterocycles. The summed E-state index contributed by atoms with van der Waals surface area (Å²) in [6.07, 6.45) is 0. The molecule has 32 heavy (non-hydrogen) atoms. The quantitative estimate of drug-likeness (QED) is 0.362.